The summed E-state index contributed by atoms with van der Waals surface area (Å²) in [5.41, 5.74) is 8.22. The predicted molar refractivity (Wildman–Crippen MR) is 117 cm³/mol. The molecule has 3 aromatic rings. The summed E-state index contributed by atoms with van der Waals surface area (Å²) in [6, 6.07) is 20.4. The van der Waals surface area contributed by atoms with Crippen molar-refractivity contribution in [3.8, 4) is 5.69 Å². The Balaban J connectivity index is 1.68. The highest BCUT2D eigenvalue weighted by atomic mass is 32.2. The third-order valence-electron chi connectivity index (χ3n) is 4.53. The molecule has 0 bridgehead atoms. The van der Waals surface area contributed by atoms with Crippen molar-refractivity contribution in [2.24, 2.45) is 5.10 Å². The number of carbonyl (C=O) groups is 1. The van der Waals surface area contributed by atoms with Crippen molar-refractivity contribution >= 4 is 23.9 Å². The van der Waals surface area contributed by atoms with Crippen LogP contribution < -0.4 is 5.43 Å². The van der Waals surface area contributed by atoms with Crippen LogP contribution in [0.15, 0.2) is 70.7 Å². The number of carbonyl (C=O) groups excluding carboxylic acids is 1. The summed E-state index contributed by atoms with van der Waals surface area (Å²) in [4.78, 5) is 13.4. The minimum atomic E-state index is -0.223. The lowest BCUT2D eigenvalue weighted by molar-refractivity contribution is -0.120. The number of rotatable bonds is 6. The monoisotopic (exact) mass is 391 g/mol. The van der Waals surface area contributed by atoms with Crippen molar-refractivity contribution in [2.75, 3.05) is 0 Å². The Morgan fingerprint density at radius 3 is 2.54 bits per heavy atom. The first-order valence-corrected chi connectivity index (χ1v) is 10.1. The van der Waals surface area contributed by atoms with Crippen molar-refractivity contribution in [2.45, 2.75) is 37.8 Å². The van der Waals surface area contributed by atoms with Gasteiger partial charge in [-0.2, -0.15) is 5.10 Å². The fourth-order valence-corrected chi connectivity index (χ4v) is 3.98. The number of benzene rings is 2. The lowest BCUT2D eigenvalue weighted by Crippen LogP contribution is -2.26. The van der Waals surface area contributed by atoms with E-state index in [1.807, 2.05) is 37.3 Å². The second kappa shape index (κ2) is 8.93. The minimum Gasteiger partial charge on any atom is -0.318 e. The number of hydrogen-bond donors (Lipinski definition) is 1. The number of nitrogens with zero attached hydrogens (tertiary/aromatic N) is 2. The van der Waals surface area contributed by atoms with Crippen molar-refractivity contribution in [3.05, 3.63) is 83.2 Å². The molecule has 3 rings (SSSR count). The van der Waals surface area contributed by atoms with Crippen molar-refractivity contribution in [1.29, 1.82) is 0 Å². The van der Waals surface area contributed by atoms with Crippen molar-refractivity contribution in [1.82, 2.24) is 9.99 Å². The lowest BCUT2D eigenvalue weighted by atomic mass is 10.2. The van der Waals surface area contributed by atoms with E-state index in [0.717, 1.165) is 27.5 Å². The maximum absolute atomic E-state index is 12.3. The Morgan fingerprint density at radius 1 is 1.07 bits per heavy atom. The van der Waals surface area contributed by atoms with Gasteiger partial charge >= 0.3 is 0 Å². The van der Waals surface area contributed by atoms with Crippen LogP contribution in [0.2, 0.25) is 0 Å². The third kappa shape index (κ3) is 4.73. The van der Waals surface area contributed by atoms with E-state index in [-0.39, 0.29) is 11.2 Å². The molecule has 0 aliphatic heterocycles. The smallest absolute Gasteiger partial charge is 0.253 e. The molecular formula is C23H25N3OS. The van der Waals surface area contributed by atoms with E-state index < -0.39 is 0 Å². The minimum absolute atomic E-state index is 0.113. The topological polar surface area (TPSA) is 46.4 Å². The van der Waals surface area contributed by atoms with Gasteiger partial charge in [0.1, 0.15) is 0 Å². The largest absolute Gasteiger partial charge is 0.318 e. The first-order chi connectivity index (χ1) is 13.5. The van der Waals surface area contributed by atoms with E-state index in [4.69, 9.17) is 0 Å². The number of thioether (sulfide) groups is 1. The molecule has 0 saturated carbocycles. The molecule has 0 saturated heterocycles. The Hall–Kier alpha value is -2.79. The fourth-order valence-electron chi connectivity index (χ4n) is 3.10. The Kier molecular flexibility index (Phi) is 6.37. The third-order valence-corrected chi connectivity index (χ3v) is 5.65. The Bertz CT molecular complexity index is 992. The summed E-state index contributed by atoms with van der Waals surface area (Å²) < 4.78 is 2.20. The zero-order chi connectivity index (χ0) is 20.1. The van der Waals surface area contributed by atoms with E-state index in [2.05, 4.69) is 66.2 Å². The molecule has 1 amide bonds. The van der Waals surface area contributed by atoms with Gasteiger partial charge in [-0.25, -0.2) is 5.43 Å². The average molecular weight is 392 g/mol. The molecule has 1 atom stereocenters. The van der Waals surface area contributed by atoms with E-state index in [0.29, 0.717) is 0 Å². The highest BCUT2D eigenvalue weighted by molar-refractivity contribution is 8.00. The van der Waals surface area contributed by atoms with E-state index in [1.165, 1.54) is 17.3 Å². The summed E-state index contributed by atoms with van der Waals surface area (Å²) in [6.07, 6.45) is 1.71. The summed E-state index contributed by atoms with van der Waals surface area (Å²) in [6.45, 7) is 8.10. The average Bonchev–Trinajstić information content (AvgIpc) is 2.96. The van der Waals surface area contributed by atoms with Gasteiger partial charge in [0.25, 0.3) is 5.91 Å². The molecule has 0 aliphatic carbocycles. The van der Waals surface area contributed by atoms with Crippen LogP contribution in [0.3, 0.4) is 0 Å². The van der Waals surface area contributed by atoms with Gasteiger partial charge in [-0.1, -0.05) is 30.3 Å². The van der Waals surface area contributed by atoms with E-state index in [9.17, 15) is 4.79 Å². The predicted octanol–water partition coefficient (Wildman–Crippen LogP) is 5.03. The Labute approximate surface area is 170 Å². The van der Waals surface area contributed by atoms with Crippen LogP contribution in [0, 0.1) is 20.8 Å². The highest BCUT2D eigenvalue weighted by Gasteiger charge is 2.14. The molecule has 5 heteroatoms. The van der Waals surface area contributed by atoms with Crippen LogP contribution in [0.25, 0.3) is 5.69 Å². The van der Waals surface area contributed by atoms with Crippen molar-refractivity contribution in [3.63, 3.8) is 0 Å². The highest BCUT2D eigenvalue weighted by Crippen LogP contribution is 2.23. The SMILES string of the molecule is Cc1cccc(-n2c(C)cc(/C=N/NC(=O)C(C)Sc3ccccc3)c2C)c1. The first kappa shape index (κ1) is 20.0. The molecule has 0 radical (unpaired) electrons. The van der Waals surface area contributed by atoms with Gasteiger partial charge in [0.05, 0.1) is 11.5 Å². The van der Waals surface area contributed by atoms with E-state index in [1.54, 1.807) is 6.21 Å². The van der Waals surface area contributed by atoms with Gasteiger partial charge in [-0.3, -0.25) is 4.79 Å². The molecular weight excluding hydrogens is 366 g/mol. The molecule has 28 heavy (non-hydrogen) atoms. The molecule has 1 aromatic heterocycles. The van der Waals surface area contributed by atoms with Crippen LogP contribution in [-0.2, 0) is 4.79 Å². The van der Waals surface area contributed by atoms with Crippen molar-refractivity contribution < 1.29 is 4.79 Å². The van der Waals surface area contributed by atoms with Gasteiger partial charge in [0.2, 0.25) is 0 Å². The lowest BCUT2D eigenvalue weighted by Gasteiger charge is -2.10. The molecule has 1 unspecified atom stereocenters. The van der Waals surface area contributed by atoms with Crippen LogP contribution in [0.4, 0.5) is 0 Å². The molecule has 0 spiro atoms. The summed E-state index contributed by atoms with van der Waals surface area (Å²) in [5.74, 6) is -0.113. The summed E-state index contributed by atoms with van der Waals surface area (Å²) in [7, 11) is 0. The van der Waals surface area contributed by atoms with Crippen LogP contribution in [0.1, 0.15) is 29.4 Å². The van der Waals surface area contributed by atoms with Gasteiger partial charge in [-0.05, 0) is 63.6 Å². The number of hydrogen-bond acceptors (Lipinski definition) is 3. The van der Waals surface area contributed by atoms with Gasteiger partial charge in [0.15, 0.2) is 0 Å². The quantitative estimate of drug-likeness (QED) is 0.364. The Morgan fingerprint density at radius 2 is 1.82 bits per heavy atom. The summed E-state index contributed by atoms with van der Waals surface area (Å²) >= 11 is 1.52. The maximum atomic E-state index is 12.3. The molecule has 0 fully saturated rings. The normalized spacial score (nSPS) is 12.3. The molecule has 0 aliphatic rings. The maximum Gasteiger partial charge on any atom is 0.253 e. The number of hydrazone groups is 1. The number of amides is 1. The zero-order valence-electron chi connectivity index (χ0n) is 16.6. The first-order valence-electron chi connectivity index (χ1n) is 9.26. The molecule has 1 N–H and O–H groups in total. The second-order valence-electron chi connectivity index (χ2n) is 6.81. The number of nitrogens with one attached hydrogen (secondary N) is 1. The number of aryl methyl sites for hydroxylation is 2. The van der Waals surface area contributed by atoms with Gasteiger partial charge in [0, 0.05) is 27.5 Å². The van der Waals surface area contributed by atoms with Crippen LogP contribution >= 0.6 is 11.8 Å². The number of aromatic nitrogens is 1. The van der Waals surface area contributed by atoms with Crippen LogP contribution in [0.5, 0.6) is 0 Å². The molecule has 144 valence electrons. The fraction of sp³-hybridized carbons (Fsp3) is 0.217. The molecule has 4 nitrogen and oxygen atoms in total. The molecule has 1 heterocycles. The summed E-state index contributed by atoms with van der Waals surface area (Å²) in [5, 5.41) is 3.96. The van der Waals surface area contributed by atoms with Gasteiger partial charge in [-0.15, -0.1) is 11.8 Å². The second-order valence-corrected chi connectivity index (χ2v) is 8.22. The molecule has 2 aromatic carbocycles. The zero-order valence-corrected chi connectivity index (χ0v) is 17.5. The standard InChI is InChI=1S/C23H25N3OS/c1-16-9-8-10-21(13-16)26-17(2)14-20(18(26)3)15-24-25-23(27)19(4)28-22-11-6-5-7-12-22/h5-15,19H,1-4H3,(H,25,27)/b24-15+. The van der Waals surface area contributed by atoms with Gasteiger partial charge < -0.3 is 4.57 Å². The van der Waals surface area contributed by atoms with Crippen LogP contribution in [-0.4, -0.2) is 21.9 Å². The van der Waals surface area contributed by atoms with E-state index >= 15 is 0 Å².